The molecule has 94 valence electrons. The zero-order chi connectivity index (χ0) is 13.1. The lowest BCUT2D eigenvalue weighted by molar-refractivity contribution is -0.142. The minimum absolute atomic E-state index is 0.124. The second kappa shape index (κ2) is 5.29. The summed E-state index contributed by atoms with van der Waals surface area (Å²) < 4.78 is 30.4. The van der Waals surface area contributed by atoms with E-state index in [4.69, 9.17) is 0 Å². The first kappa shape index (κ1) is 13.7. The number of carbonyl (C=O) groups excluding carboxylic acids is 1. The number of hydrogen-bond acceptors (Lipinski definition) is 4. The molecule has 1 atom stereocenters. The third kappa shape index (κ3) is 3.54. The predicted molar refractivity (Wildman–Crippen MR) is 63.0 cm³/mol. The highest BCUT2D eigenvalue weighted by atomic mass is 32.2. The van der Waals surface area contributed by atoms with Crippen LogP contribution in [0.4, 0.5) is 0 Å². The molecule has 0 radical (unpaired) electrons. The molecule has 0 aliphatic carbocycles. The number of sulfonamides is 1. The van der Waals surface area contributed by atoms with Gasteiger partial charge in [0.2, 0.25) is 10.0 Å². The fourth-order valence-electron chi connectivity index (χ4n) is 1.24. The maximum absolute atomic E-state index is 11.9. The smallest absolute Gasteiger partial charge is 0.323 e. The van der Waals surface area contributed by atoms with E-state index in [-0.39, 0.29) is 4.90 Å². The first-order valence-corrected chi connectivity index (χ1v) is 6.52. The van der Waals surface area contributed by atoms with E-state index in [1.807, 2.05) is 6.92 Å². The molecule has 0 aliphatic heterocycles. The van der Waals surface area contributed by atoms with Crippen LogP contribution in [0.1, 0.15) is 12.5 Å². The highest BCUT2D eigenvalue weighted by Crippen LogP contribution is 2.10. The Morgan fingerprint density at radius 3 is 2.29 bits per heavy atom. The number of nitrogens with one attached hydrogen (secondary N) is 1. The highest BCUT2D eigenvalue weighted by molar-refractivity contribution is 7.89. The van der Waals surface area contributed by atoms with Crippen molar-refractivity contribution in [1.29, 1.82) is 0 Å². The molecule has 0 saturated carbocycles. The van der Waals surface area contributed by atoms with Gasteiger partial charge in [0.1, 0.15) is 6.04 Å². The van der Waals surface area contributed by atoms with Gasteiger partial charge in [-0.15, -0.1) is 0 Å². The van der Waals surface area contributed by atoms with Gasteiger partial charge in [0.05, 0.1) is 12.0 Å². The lowest BCUT2D eigenvalue weighted by Gasteiger charge is -2.12. The molecule has 0 saturated heterocycles. The van der Waals surface area contributed by atoms with Crippen LogP contribution in [0.2, 0.25) is 0 Å². The monoisotopic (exact) mass is 257 g/mol. The Balaban J connectivity index is 2.89. The van der Waals surface area contributed by atoms with Gasteiger partial charge in [-0.1, -0.05) is 17.7 Å². The largest absolute Gasteiger partial charge is 0.468 e. The van der Waals surface area contributed by atoms with Crippen molar-refractivity contribution in [3.63, 3.8) is 0 Å². The van der Waals surface area contributed by atoms with Gasteiger partial charge < -0.3 is 4.74 Å². The summed E-state index contributed by atoms with van der Waals surface area (Å²) in [5, 5.41) is 0. The van der Waals surface area contributed by atoms with Gasteiger partial charge >= 0.3 is 5.97 Å². The molecule has 5 nitrogen and oxygen atoms in total. The number of esters is 1. The maximum atomic E-state index is 11.9. The van der Waals surface area contributed by atoms with E-state index >= 15 is 0 Å². The van der Waals surface area contributed by atoms with Gasteiger partial charge in [-0.3, -0.25) is 4.79 Å². The number of benzene rings is 1. The van der Waals surface area contributed by atoms with Crippen LogP contribution < -0.4 is 4.72 Å². The molecule has 0 amide bonds. The summed E-state index contributed by atoms with van der Waals surface area (Å²) in [5.74, 6) is -0.624. The van der Waals surface area contributed by atoms with Gasteiger partial charge in [0.25, 0.3) is 0 Å². The Morgan fingerprint density at radius 1 is 1.29 bits per heavy atom. The Morgan fingerprint density at radius 2 is 1.82 bits per heavy atom. The van der Waals surface area contributed by atoms with Crippen LogP contribution in [0.5, 0.6) is 0 Å². The lowest BCUT2D eigenvalue weighted by Crippen LogP contribution is -2.39. The minimum Gasteiger partial charge on any atom is -0.468 e. The van der Waals surface area contributed by atoms with E-state index in [0.717, 1.165) is 5.56 Å². The van der Waals surface area contributed by atoms with Crippen LogP contribution in [-0.2, 0) is 19.6 Å². The second-order valence-corrected chi connectivity index (χ2v) is 5.39. The van der Waals surface area contributed by atoms with Crippen molar-refractivity contribution >= 4 is 16.0 Å². The molecule has 0 heterocycles. The molecule has 0 aromatic heterocycles. The number of carbonyl (C=O) groups is 1. The first-order valence-electron chi connectivity index (χ1n) is 5.03. The summed E-state index contributed by atoms with van der Waals surface area (Å²) >= 11 is 0. The number of aryl methyl sites for hydroxylation is 1. The Labute approximate surface area is 101 Å². The fraction of sp³-hybridized carbons (Fsp3) is 0.364. The Bertz CT molecular complexity index is 493. The molecule has 17 heavy (non-hydrogen) atoms. The van der Waals surface area contributed by atoms with Crippen LogP contribution in [0.25, 0.3) is 0 Å². The quantitative estimate of drug-likeness (QED) is 0.811. The van der Waals surface area contributed by atoms with E-state index in [2.05, 4.69) is 9.46 Å². The molecular weight excluding hydrogens is 242 g/mol. The number of ether oxygens (including phenoxy) is 1. The van der Waals surface area contributed by atoms with Gasteiger partial charge in [-0.25, -0.2) is 8.42 Å². The molecular formula is C11H15NO4S. The minimum atomic E-state index is -3.68. The van der Waals surface area contributed by atoms with Crippen molar-refractivity contribution in [1.82, 2.24) is 4.72 Å². The normalized spacial score (nSPS) is 13.1. The van der Waals surface area contributed by atoms with E-state index in [9.17, 15) is 13.2 Å². The zero-order valence-corrected chi connectivity index (χ0v) is 10.7. The summed E-state index contributed by atoms with van der Waals surface area (Å²) in [7, 11) is -2.47. The van der Waals surface area contributed by atoms with Crippen molar-refractivity contribution in [3.8, 4) is 0 Å². The molecule has 1 aromatic carbocycles. The molecule has 1 aromatic rings. The summed E-state index contributed by atoms with van der Waals surface area (Å²) in [5.41, 5.74) is 0.963. The molecule has 0 unspecified atom stereocenters. The molecule has 1 N–H and O–H groups in total. The average Bonchev–Trinajstić information content (AvgIpc) is 2.27. The third-order valence-electron chi connectivity index (χ3n) is 2.22. The van der Waals surface area contributed by atoms with E-state index in [1.54, 1.807) is 12.1 Å². The summed E-state index contributed by atoms with van der Waals surface area (Å²) in [6, 6.07) is 5.45. The highest BCUT2D eigenvalue weighted by Gasteiger charge is 2.22. The molecule has 0 fully saturated rings. The molecule has 0 aliphatic rings. The van der Waals surface area contributed by atoms with Gasteiger partial charge in [0, 0.05) is 0 Å². The molecule has 0 spiro atoms. The molecule has 6 heteroatoms. The molecule has 1 rings (SSSR count). The summed E-state index contributed by atoms with van der Waals surface area (Å²) in [4.78, 5) is 11.2. The van der Waals surface area contributed by atoms with E-state index < -0.39 is 22.0 Å². The van der Waals surface area contributed by atoms with Crippen molar-refractivity contribution in [2.24, 2.45) is 0 Å². The molecule has 0 bridgehead atoms. The van der Waals surface area contributed by atoms with Crippen LogP contribution >= 0.6 is 0 Å². The van der Waals surface area contributed by atoms with Crippen molar-refractivity contribution in [2.45, 2.75) is 24.8 Å². The van der Waals surface area contributed by atoms with Crippen LogP contribution in [0, 0.1) is 6.92 Å². The predicted octanol–water partition coefficient (Wildman–Crippen LogP) is 0.835. The Kier molecular flexibility index (Phi) is 4.25. The van der Waals surface area contributed by atoms with Crippen LogP contribution in [-0.4, -0.2) is 27.5 Å². The SMILES string of the molecule is COC(=O)[C@H](C)NS(=O)(=O)c1ccc(C)cc1. The Hall–Kier alpha value is -1.40. The first-order chi connectivity index (χ1) is 7.86. The fourth-order valence-corrected chi connectivity index (χ4v) is 2.44. The standard InChI is InChI=1S/C11H15NO4S/c1-8-4-6-10(7-5-8)17(14,15)12-9(2)11(13)16-3/h4-7,9,12H,1-3H3/t9-/m0/s1. The van der Waals surface area contributed by atoms with Crippen LogP contribution in [0.15, 0.2) is 29.2 Å². The van der Waals surface area contributed by atoms with E-state index in [0.29, 0.717) is 0 Å². The third-order valence-corrected chi connectivity index (χ3v) is 3.77. The summed E-state index contributed by atoms with van der Waals surface area (Å²) in [6.07, 6.45) is 0. The number of methoxy groups -OCH3 is 1. The van der Waals surface area contributed by atoms with Gasteiger partial charge in [-0.2, -0.15) is 4.72 Å². The van der Waals surface area contributed by atoms with Crippen molar-refractivity contribution < 1.29 is 17.9 Å². The number of hydrogen-bond donors (Lipinski definition) is 1. The second-order valence-electron chi connectivity index (χ2n) is 3.68. The summed E-state index contributed by atoms with van der Waals surface area (Å²) in [6.45, 7) is 3.29. The lowest BCUT2D eigenvalue weighted by atomic mass is 10.2. The van der Waals surface area contributed by atoms with Crippen molar-refractivity contribution in [3.05, 3.63) is 29.8 Å². The maximum Gasteiger partial charge on any atom is 0.323 e. The van der Waals surface area contributed by atoms with E-state index in [1.165, 1.54) is 26.2 Å². The van der Waals surface area contributed by atoms with Gasteiger partial charge in [-0.05, 0) is 26.0 Å². The zero-order valence-electron chi connectivity index (χ0n) is 9.93. The van der Waals surface area contributed by atoms with Crippen molar-refractivity contribution in [2.75, 3.05) is 7.11 Å². The van der Waals surface area contributed by atoms with Crippen LogP contribution in [0.3, 0.4) is 0 Å². The number of rotatable bonds is 4. The average molecular weight is 257 g/mol. The topological polar surface area (TPSA) is 72.5 Å². The van der Waals surface area contributed by atoms with Gasteiger partial charge in [0.15, 0.2) is 0 Å².